The number of nitrogens with two attached hydrogens (primary N) is 1. The quantitative estimate of drug-likeness (QED) is 0.773. The minimum Gasteiger partial charge on any atom is -0.338 e. The maximum Gasteiger partial charge on any atom is 0.313 e. The molecule has 0 aliphatic carbocycles. The maximum absolute atomic E-state index is 11.8. The lowest BCUT2D eigenvalue weighted by Gasteiger charge is -2.16. The molecule has 0 saturated carbocycles. The summed E-state index contributed by atoms with van der Waals surface area (Å²) in [6.07, 6.45) is 1.74. The molecule has 1 rings (SSSR count). The average molecular weight is 313 g/mol. The first-order valence-electron chi connectivity index (χ1n) is 6.45. The van der Waals surface area contributed by atoms with E-state index in [1.54, 1.807) is 7.05 Å². The molecule has 0 radical (unpaired) electrons. The molecule has 0 spiro atoms. The van der Waals surface area contributed by atoms with E-state index in [4.69, 9.17) is 5.14 Å². The summed E-state index contributed by atoms with van der Waals surface area (Å²) in [6.45, 7) is 2.50. The third-order valence-corrected chi connectivity index (χ3v) is 3.76. The fourth-order valence-electron chi connectivity index (χ4n) is 1.58. The Kier molecular flexibility index (Phi) is 5.86. The molecule has 0 saturated heterocycles. The summed E-state index contributed by atoms with van der Waals surface area (Å²) in [6, 6.07) is 5.26. The van der Waals surface area contributed by atoms with Gasteiger partial charge in [0, 0.05) is 19.3 Å². The number of amides is 2. The molecule has 3 N–H and O–H groups in total. The number of hydrogen-bond acceptors (Lipinski definition) is 4. The molecule has 116 valence electrons. The minimum absolute atomic E-state index is 0.0631. The van der Waals surface area contributed by atoms with Crippen LogP contribution in [0.15, 0.2) is 29.2 Å². The lowest BCUT2D eigenvalue weighted by Crippen LogP contribution is -2.37. The van der Waals surface area contributed by atoms with Crippen LogP contribution in [-0.4, -0.2) is 38.7 Å². The average Bonchev–Trinajstić information content (AvgIpc) is 2.43. The molecule has 1 aromatic rings. The van der Waals surface area contributed by atoms with Gasteiger partial charge in [-0.25, -0.2) is 13.6 Å². The van der Waals surface area contributed by atoms with Crippen LogP contribution in [0.3, 0.4) is 0 Å². The maximum atomic E-state index is 11.8. The second kappa shape index (κ2) is 7.19. The summed E-state index contributed by atoms with van der Waals surface area (Å²) in [5.41, 5.74) is 0.324. The SMILES string of the molecule is CCCCN(C)C(=O)C(=O)Nc1ccc(S(N)(=O)=O)cc1. The number of sulfonamides is 1. The van der Waals surface area contributed by atoms with Crippen molar-refractivity contribution in [2.24, 2.45) is 5.14 Å². The van der Waals surface area contributed by atoms with Crippen molar-refractivity contribution in [2.45, 2.75) is 24.7 Å². The zero-order valence-corrected chi connectivity index (χ0v) is 12.8. The first-order valence-corrected chi connectivity index (χ1v) is 7.99. The lowest BCUT2D eigenvalue weighted by atomic mass is 10.3. The molecular formula is C13H19N3O4S. The molecule has 2 amide bonds. The van der Waals surface area contributed by atoms with Crippen molar-refractivity contribution in [1.29, 1.82) is 0 Å². The molecule has 0 unspecified atom stereocenters. The second-order valence-corrected chi connectivity index (χ2v) is 6.17. The van der Waals surface area contributed by atoms with Crippen molar-refractivity contribution >= 4 is 27.5 Å². The number of nitrogens with one attached hydrogen (secondary N) is 1. The molecule has 0 bridgehead atoms. The Balaban J connectivity index is 2.69. The fourth-order valence-corrected chi connectivity index (χ4v) is 2.10. The van der Waals surface area contributed by atoms with Gasteiger partial charge in [0.05, 0.1) is 4.90 Å². The number of anilines is 1. The van der Waals surface area contributed by atoms with E-state index in [2.05, 4.69) is 5.32 Å². The standard InChI is InChI=1S/C13H19N3O4S/c1-3-4-9-16(2)13(18)12(17)15-10-5-7-11(8-6-10)21(14,19)20/h5-8H,3-4,9H2,1-2H3,(H,15,17)(H2,14,19,20). The van der Waals surface area contributed by atoms with E-state index < -0.39 is 21.8 Å². The third-order valence-electron chi connectivity index (χ3n) is 2.83. The number of carbonyl (C=O) groups excluding carboxylic acids is 2. The first-order chi connectivity index (χ1) is 9.75. The van der Waals surface area contributed by atoms with E-state index in [-0.39, 0.29) is 4.90 Å². The van der Waals surface area contributed by atoms with E-state index in [1.807, 2.05) is 6.92 Å². The van der Waals surface area contributed by atoms with Crippen molar-refractivity contribution in [1.82, 2.24) is 4.90 Å². The van der Waals surface area contributed by atoms with Crippen LogP contribution in [0.5, 0.6) is 0 Å². The van der Waals surface area contributed by atoms with E-state index in [9.17, 15) is 18.0 Å². The van der Waals surface area contributed by atoms with Gasteiger partial charge in [-0.05, 0) is 30.7 Å². The molecule has 0 atom stereocenters. The number of unbranched alkanes of at least 4 members (excludes halogenated alkanes) is 1. The highest BCUT2D eigenvalue weighted by Crippen LogP contribution is 2.12. The zero-order valence-electron chi connectivity index (χ0n) is 12.0. The number of rotatable bonds is 5. The Hall–Kier alpha value is -1.93. The Morgan fingerprint density at radius 1 is 1.24 bits per heavy atom. The highest BCUT2D eigenvalue weighted by molar-refractivity contribution is 7.89. The summed E-state index contributed by atoms with van der Waals surface area (Å²) in [5, 5.41) is 7.38. The Morgan fingerprint density at radius 2 is 1.81 bits per heavy atom. The zero-order chi connectivity index (χ0) is 16.0. The predicted octanol–water partition coefficient (Wildman–Crippen LogP) is 0.531. The molecule has 1 aromatic carbocycles. The van der Waals surface area contributed by atoms with Crippen molar-refractivity contribution in [3.8, 4) is 0 Å². The van der Waals surface area contributed by atoms with Crippen LogP contribution < -0.4 is 10.5 Å². The number of carbonyl (C=O) groups is 2. The molecule has 0 aliphatic rings. The number of hydrogen-bond donors (Lipinski definition) is 2. The number of nitrogens with zero attached hydrogens (tertiary/aromatic N) is 1. The van der Waals surface area contributed by atoms with Gasteiger partial charge in [0.15, 0.2) is 0 Å². The highest BCUT2D eigenvalue weighted by atomic mass is 32.2. The van der Waals surface area contributed by atoms with E-state index in [0.717, 1.165) is 12.8 Å². The van der Waals surface area contributed by atoms with E-state index in [1.165, 1.54) is 29.2 Å². The molecule has 8 heteroatoms. The van der Waals surface area contributed by atoms with Crippen LogP contribution in [0.2, 0.25) is 0 Å². The molecule has 0 fully saturated rings. The van der Waals surface area contributed by atoms with Gasteiger partial charge in [-0.3, -0.25) is 9.59 Å². The summed E-state index contributed by atoms with van der Waals surface area (Å²) in [4.78, 5) is 24.8. The van der Waals surface area contributed by atoms with Crippen molar-refractivity contribution in [3.05, 3.63) is 24.3 Å². The number of benzene rings is 1. The van der Waals surface area contributed by atoms with Crippen molar-refractivity contribution in [3.63, 3.8) is 0 Å². The minimum atomic E-state index is -3.78. The summed E-state index contributed by atoms with van der Waals surface area (Å²) < 4.78 is 22.2. The van der Waals surface area contributed by atoms with Crippen molar-refractivity contribution in [2.75, 3.05) is 18.9 Å². The summed E-state index contributed by atoms with van der Waals surface area (Å²) in [7, 11) is -2.22. The summed E-state index contributed by atoms with van der Waals surface area (Å²) in [5.74, 6) is -1.41. The topological polar surface area (TPSA) is 110 Å². The molecule has 0 aliphatic heterocycles. The summed E-state index contributed by atoms with van der Waals surface area (Å²) >= 11 is 0. The number of primary sulfonamides is 1. The third kappa shape index (κ3) is 5.16. The van der Waals surface area contributed by atoms with Gasteiger partial charge in [-0.15, -0.1) is 0 Å². The van der Waals surface area contributed by atoms with Crippen LogP contribution in [0.4, 0.5) is 5.69 Å². The second-order valence-electron chi connectivity index (χ2n) is 4.60. The van der Waals surface area contributed by atoms with Gasteiger partial charge in [-0.1, -0.05) is 13.3 Å². The monoisotopic (exact) mass is 313 g/mol. The largest absolute Gasteiger partial charge is 0.338 e. The molecule has 0 heterocycles. The first kappa shape index (κ1) is 17.1. The van der Waals surface area contributed by atoms with Crippen LogP contribution in [-0.2, 0) is 19.6 Å². The van der Waals surface area contributed by atoms with Crippen LogP contribution in [0, 0.1) is 0 Å². The molecule has 21 heavy (non-hydrogen) atoms. The fraction of sp³-hybridized carbons (Fsp3) is 0.385. The predicted molar refractivity (Wildman–Crippen MR) is 79.0 cm³/mol. The highest BCUT2D eigenvalue weighted by Gasteiger charge is 2.18. The Morgan fingerprint density at radius 3 is 2.29 bits per heavy atom. The lowest BCUT2D eigenvalue weighted by molar-refractivity contribution is -0.142. The van der Waals surface area contributed by atoms with Gasteiger partial charge >= 0.3 is 11.8 Å². The molecular weight excluding hydrogens is 294 g/mol. The number of likely N-dealkylation sites (N-methyl/N-ethyl adjacent to an activating group) is 1. The van der Waals surface area contributed by atoms with E-state index in [0.29, 0.717) is 12.2 Å². The normalized spacial score (nSPS) is 11.0. The Bertz CT molecular complexity index is 611. The van der Waals surface area contributed by atoms with Gasteiger partial charge in [0.2, 0.25) is 10.0 Å². The van der Waals surface area contributed by atoms with Gasteiger partial charge in [-0.2, -0.15) is 0 Å². The van der Waals surface area contributed by atoms with E-state index >= 15 is 0 Å². The molecule has 7 nitrogen and oxygen atoms in total. The van der Waals surface area contributed by atoms with Gasteiger partial charge in [0.1, 0.15) is 0 Å². The molecule has 0 aromatic heterocycles. The Labute approximate surface area is 124 Å². The van der Waals surface area contributed by atoms with Crippen molar-refractivity contribution < 1.29 is 18.0 Å². The van der Waals surface area contributed by atoms with Crippen LogP contribution in [0.1, 0.15) is 19.8 Å². The smallest absolute Gasteiger partial charge is 0.313 e. The van der Waals surface area contributed by atoms with Crippen LogP contribution in [0.25, 0.3) is 0 Å². The van der Waals surface area contributed by atoms with Gasteiger partial charge < -0.3 is 10.2 Å². The van der Waals surface area contributed by atoms with Crippen LogP contribution >= 0.6 is 0 Å². The van der Waals surface area contributed by atoms with Gasteiger partial charge in [0.25, 0.3) is 0 Å².